The van der Waals surface area contributed by atoms with Crippen LogP contribution in [0.3, 0.4) is 0 Å². The Morgan fingerprint density at radius 1 is 1.50 bits per heavy atom. The number of methoxy groups -OCH3 is 1. The molecule has 0 spiro atoms. The van der Waals surface area contributed by atoms with E-state index in [1.165, 1.54) is 19.2 Å². The Morgan fingerprint density at radius 3 is 2.50 bits per heavy atom. The van der Waals surface area contributed by atoms with Crippen molar-refractivity contribution in [3.05, 3.63) is 18.3 Å². The molecule has 1 unspecified atom stereocenters. The van der Waals surface area contributed by atoms with Crippen LogP contribution in [-0.2, 0) is 14.6 Å². The van der Waals surface area contributed by atoms with Crippen molar-refractivity contribution in [1.29, 1.82) is 0 Å². The smallest absolute Gasteiger partial charge is 0.250 e. The average molecular weight is 245 g/mol. The van der Waals surface area contributed by atoms with Gasteiger partial charge < -0.3 is 16.2 Å². The largest absolute Gasteiger partial charge is 0.481 e. The number of primary amides is 1. The van der Waals surface area contributed by atoms with Crippen LogP contribution in [0.1, 0.15) is 0 Å². The van der Waals surface area contributed by atoms with Crippen molar-refractivity contribution < 1.29 is 17.9 Å². The van der Waals surface area contributed by atoms with Gasteiger partial charge in [-0.2, -0.15) is 0 Å². The summed E-state index contributed by atoms with van der Waals surface area (Å²) in [6.45, 7) is 0. The van der Waals surface area contributed by atoms with Gasteiger partial charge in [-0.1, -0.05) is 0 Å². The predicted octanol–water partition coefficient (Wildman–Crippen LogP) is -1.37. The maximum absolute atomic E-state index is 11.7. The van der Waals surface area contributed by atoms with Crippen LogP contribution in [0, 0.1) is 0 Å². The molecule has 0 aliphatic rings. The molecule has 0 aliphatic heterocycles. The average Bonchev–Trinajstić information content (AvgIpc) is 2.28. The lowest BCUT2D eigenvalue weighted by atomic mass is 10.5. The standard InChI is InChI=1S/C8H11N3O4S/c1-15-6-3-2-5(4-11-6)16(13,14)8(10)7(9)12/h2-4,8H,10H2,1H3,(H2,9,12). The molecule has 0 aromatic carbocycles. The predicted molar refractivity (Wildman–Crippen MR) is 55.1 cm³/mol. The molecule has 1 heterocycles. The van der Waals surface area contributed by atoms with E-state index in [2.05, 4.69) is 4.98 Å². The summed E-state index contributed by atoms with van der Waals surface area (Å²) in [5.74, 6) is -0.859. The first kappa shape index (κ1) is 12.4. The number of hydrogen-bond acceptors (Lipinski definition) is 6. The van der Waals surface area contributed by atoms with Gasteiger partial charge in [0, 0.05) is 12.3 Å². The molecule has 8 heteroatoms. The van der Waals surface area contributed by atoms with Crippen LogP contribution >= 0.6 is 0 Å². The summed E-state index contributed by atoms with van der Waals surface area (Å²) in [4.78, 5) is 14.2. The molecule has 1 rings (SSSR count). The number of carbonyl (C=O) groups is 1. The van der Waals surface area contributed by atoms with Gasteiger partial charge in [0.1, 0.15) is 0 Å². The summed E-state index contributed by atoms with van der Waals surface area (Å²) in [6, 6.07) is 2.59. The molecule has 0 bridgehead atoms. The number of amides is 1. The third kappa shape index (κ3) is 2.28. The van der Waals surface area contributed by atoms with Gasteiger partial charge in [0.05, 0.1) is 12.0 Å². The van der Waals surface area contributed by atoms with E-state index in [0.717, 1.165) is 6.20 Å². The third-order valence-electron chi connectivity index (χ3n) is 1.86. The van der Waals surface area contributed by atoms with E-state index in [4.69, 9.17) is 16.2 Å². The van der Waals surface area contributed by atoms with Gasteiger partial charge in [-0.25, -0.2) is 13.4 Å². The van der Waals surface area contributed by atoms with Crippen molar-refractivity contribution >= 4 is 15.7 Å². The van der Waals surface area contributed by atoms with Crippen LogP contribution in [0.15, 0.2) is 23.2 Å². The Bertz CT molecular complexity index is 483. The first-order valence-electron chi connectivity index (χ1n) is 4.18. The third-order valence-corrected chi connectivity index (χ3v) is 3.66. The summed E-state index contributed by atoms with van der Waals surface area (Å²) in [7, 11) is -2.58. The molecule has 0 aliphatic carbocycles. The summed E-state index contributed by atoms with van der Waals surface area (Å²) in [5, 5.41) is -1.78. The number of nitrogens with two attached hydrogens (primary N) is 2. The van der Waals surface area contributed by atoms with Crippen LogP contribution in [0.4, 0.5) is 0 Å². The molecular formula is C8H11N3O4S. The maximum Gasteiger partial charge on any atom is 0.250 e. The Labute approximate surface area is 92.3 Å². The molecule has 0 fully saturated rings. The summed E-state index contributed by atoms with van der Waals surface area (Å²) in [6.07, 6.45) is 1.05. The maximum atomic E-state index is 11.7. The molecular weight excluding hydrogens is 234 g/mol. The van der Waals surface area contributed by atoms with Crippen LogP contribution in [0.5, 0.6) is 5.88 Å². The molecule has 4 N–H and O–H groups in total. The number of nitrogens with zero attached hydrogens (tertiary/aromatic N) is 1. The van der Waals surface area contributed by atoms with Crippen molar-refractivity contribution in [2.75, 3.05) is 7.11 Å². The second-order valence-corrected chi connectivity index (χ2v) is 4.97. The van der Waals surface area contributed by atoms with Gasteiger partial charge in [0.25, 0.3) is 0 Å². The van der Waals surface area contributed by atoms with Crippen molar-refractivity contribution in [3.8, 4) is 5.88 Å². The quantitative estimate of drug-likeness (QED) is 0.674. The van der Waals surface area contributed by atoms with Crippen molar-refractivity contribution in [2.24, 2.45) is 11.5 Å². The summed E-state index contributed by atoms with van der Waals surface area (Å²) < 4.78 is 28.1. The van der Waals surface area contributed by atoms with Gasteiger partial charge in [-0.3, -0.25) is 4.79 Å². The second kappa shape index (κ2) is 4.45. The number of aromatic nitrogens is 1. The Balaban J connectivity index is 3.13. The number of rotatable bonds is 4. The van der Waals surface area contributed by atoms with Crippen LogP contribution < -0.4 is 16.2 Å². The highest BCUT2D eigenvalue weighted by Gasteiger charge is 2.28. The topological polar surface area (TPSA) is 125 Å². The number of pyridine rings is 1. The molecule has 1 aromatic rings. The normalized spacial score (nSPS) is 13.1. The molecule has 0 radical (unpaired) electrons. The number of ether oxygens (including phenoxy) is 1. The number of hydrogen-bond donors (Lipinski definition) is 2. The highest BCUT2D eigenvalue weighted by Crippen LogP contribution is 2.15. The molecule has 0 saturated carbocycles. The van der Waals surface area contributed by atoms with E-state index in [1.807, 2.05) is 0 Å². The van der Waals surface area contributed by atoms with Crippen LogP contribution in [0.25, 0.3) is 0 Å². The summed E-state index contributed by atoms with van der Waals surface area (Å²) in [5.41, 5.74) is 10.0. The minimum absolute atomic E-state index is 0.181. The lowest BCUT2D eigenvalue weighted by Gasteiger charge is -2.09. The van der Waals surface area contributed by atoms with Gasteiger partial charge in [0.2, 0.25) is 21.6 Å². The van der Waals surface area contributed by atoms with Crippen LogP contribution in [-0.4, -0.2) is 31.8 Å². The van der Waals surface area contributed by atoms with E-state index >= 15 is 0 Å². The lowest BCUT2D eigenvalue weighted by molar-refractivity contribution is -0.117. The van der Waals surface area contributed by atoms with E-state index in [-0.39, 0.29) is 10.8 Å². The van der Waals surface area contributed by atoms with Crippen molar-refractivity contribution in [2.45, 2.75) is 10.3 Å². The Morgan fingerprint density at radius 2 is 2.12 bits per heavy atom. The highest BCUT2D eigenvalue weighted by atomic mass is 32.2. The van der Waals surface area contributed by atoms with Gasteiger partial charge in [-0.05, 0) is 6.07 Å². The van der Waals surface area contributed by atoms with E-state index in [9.17, 15) is 13.2 Å². The zero-order valence-corrected chi connectivity index (χ0v) is 9.27. The Hall–Kier alpha value is -1.67. The fourth-order valence-electron chi connectivity index (χ4n) is 0.955. The van der Waals surface area contributed by atoms with Crippen LogP contribution in [0.2, 0.25) is 0 Å². The first-order chi connectivity index (χ1) is 7.39. The molecule has 0 saturated heterocycles. The van der Waals surface area contributed by atoms with Crippen molar-refractivity contribution in [1.82, 2.24) is 4.98 Å². The molecule has 7 nitrogen and oxygen atoms in total. The van der Waals surface area contributed by atoms with E-state index in [0.29, 0.717) is 0 Å². The molecule has 1 atom stereocenters. The lowest BCUT2D eigenvalue weighted by Crippen LogP contribution is -2.43. The van der Waals surface area contributed by atoms with Crippen molar-refractivity contribution in [3.63, 3.8) is 0 Å². The number of carbonyl (C=O) groups excluding carboxylic acids is 1. The highest BCUT2D eigenvalue weighted by molar-refractivity contribution is 7.92. The van der Waals surface area contributed by atoms with E-state index < -0.39 is 21.1 Å². The molecule has 16 heavy (non-hydrogen) atoms. The minimum atomic E-state index is -3.98. The zero-order chi connectivity index (χ0) is 12.3. The monoisotopic (exact) mass is 245 g/mol. The van der Waals surface area contributed by atoms with E-state index in [1.54, 1.807) is 0 Å². The SMILES string of the molecule is COc1ccc(S(=O)(=O)C(N)C(N)=O)cn1. The second-order valence-electron chi connectivity index (χ2n) is 2.90. The minimum Gasteiger partial charge on any atom is -0.481 e. The molecule has 1 aromatic heterocycles. The fraction of sp³-hybridized carbons (Fsp3) is 0.250. The number of sulfone groups is 1. The fourth-order valence-corrected chi connectivity index (χ4v) is 2.01. The first-order valence-corrected chi connectivity index (χ1v) is 5.73. The van der Waals surface area contributed by atoms with Gasteiger partial charge in [-0.15, -0.1) is 0 Å². The summed E-state index contributed by atoms with van der Waals surface area (Å²) >= 11 is 0. The Kier molecular flexibility index (Phi) is 3.45. The zero-order valence-electron chi connectivity index (χ0n) is 8.45. The molecule has 1 amide bonds. The van der Waals surface area contributed by atoms with Gasteiger partial charge >= 0.3 is 0 Å². The molecule has 88 valence electrons. The van der Waals surface area contributed by atoms with Gasteiger partial charge in [0.15, 0.2) is 5.37 Å².